The number of halogens is 3. The van der Waals surface area contributed by atoms with Gasteiger partial charge in [-0.05, 0) is 30.5 Å². The number of benzene rings is 1. The van der Waals surface area contributed by atoms with Crippen LogP contribution in [0.5, 0.6) is 0 Å². The first kappa shape index (κ1) is 21.0. The van der Waals surface area contributed by atoms with E-state index in [0.29, 0.717) is 6.04 Å². The van der Waals surface area contributed by atoms with Crippen LogP contribution >= 0.6 is 36.4 Å². The maximum absolute atomic E-state index is 6.48. The average Bonchev–Trinajstić information content (AvgIpc) is 2.43. The Balaban J connectivity index is 0.00000200. The number of aryl methyl sites for hydroxylation is 1. The first-order valence-electron chi connectivity index (χ1n) is 7.43. The van der Waals surface area contributed by atoms with Crippen LogP contribution in [0, 0.1) is 6.92 Å². The largest absolute Gasteiger partial charge is 0.314 e. The van der Waals surface area contributed by atoms with E-state index in [1.807, 2.05) is 6.07 Å². The standard InChI is InChI=1S/C16H25ClN2.2ClH/c1-3-4-8-15(19-11-9-18-10-12-19)16-13(2)6-5-7-14(16)17;;/h5-7,15,18H,3-4,8-12H2,1-2H3;2*1H/t15-;;/m1../s1. The molecule has 1 N–H and O–H groups in total. The van der Waals surface area contributed by atoms with Gasteiger partial charge >= 0.3 is 0 Å². The van der Waals surface area contributed by atoms with Crippen LogP contribution in [0.3, 0.4) is 0 Å². The Hall–Kier alpha value is 0.01000. The molecule has 0 aromatic heterocycles. The highest BCUT2D eigenvalue weighted by molar-refractivity contribution is 6.31. The van der Waals surface area contributed by atoms with E-state index in [-0.39, 0.29) is 24.8 Å². The van der Waals surface area contributed by atoms with Gasteiger partial charge in [0.15, 0.2) is 0 Å². The summed E-state index contributed by atoms with van der Waals surface area (Å²) < 4.78 is 0. The number of hydrogen-bond donors (Lipinski definition) is 1. The van der Waals surface area contributed by atoms with E-state index in [1.165, 1.54) is 30.4 Å². The van der Waals surface area contributed by atoms with Crippen LogP contribution in [-0.4, -0.2) is 31.1 Å². The predicted molar refractivity (Wildman–Crippen MR) is 97.4 cm³/mol. The predicted octanol–water partition coefficient (Wildman–Crippen LogP) is 4.63. The van der Waals surface area contributed by atoms with Crippen LogP contribution in [0.1, 0.15) is 43.4 Å². The van der Waals surface area contributed by atoms with E-state index in [2.05, 4.69) is 36.2 Å². The third kappa shape index (κ3) is 5.61. The smallest absolute Gasteiger partial charge is 0.0456 e. The van der Waals surface area contributed by atoms with E-state index in [9.17, 15) is 0 Å². The number of nitrogens with zero attached hydrogens (tertiary/aromatic N) is 1. The Labute approximate surface area is 146 Å². The molecule has 1 heterocycles. The maximum Gasteiger partial charge on any atom is 0.0456 e. The molecule has 1 fully saturated rings. The molecule has 1 aliphatic rings. The van der Waals surface area contributed by atoms with Crippen molar-refractivity contribution in [1.82, 2.24) is 10.2 Å². The molecule has 2 rings (SSSR count). The molecule has 0 amide bonds. The second-order valence-corrected chi connectivity index (χ2v) is 5.82. The molecule has 1 aromatic carbocycles. The third-order valence-corrected chi connectivity index (χ3v) is 4.36. The first-order valence-corrected chi connectivity index (χ1v) is 7.81. The van der Waals surface area contributed by atoms with E-state index in [0.717, 1.165) is 31.2 Å². The Morgan fingerprint density at radius 1 is 1.24 bits per heavy atom. The summed E-state index contributed by atoms with van der Waals surface area (Å²) in [5, 5.41) is 4.36. The number of nitrogens with one attached hydrogen (secondary N) is 1. The Kier molecular flexibility index (Phi) is 10.7. The van der Waals surface area contributed by atoms with E-state index in [4.69, 9.17) is 11.6 Å². The molecule has 0 spiro atoms. The van der Waals surface area contributed by atoms with Crippen LogP contribution in [0.4, 0.5) is 0 Å². The van der Waals surface area contributed by atoms with Gasteiger partial charge in [-0.3, -0.25) is 4.90 Å². The topological polar surface area (TPSA) is 15.3 Å². The Bertz CT molecular complexity index is 386. The van der Waals surface area contributed by atoms with Crippen molar-refractivity contribution in [3.8, 4) is 0 Å². The highest BCUT2D eigenvalue weighted by atomic mass is 35.5. The van der Waals surface area contributed by atoms with Crippen LogP contribution in [0.25, 0.3) is 0 Å². The molecule has 1 aromatic rings. The van der Waals surface area contributed by atoms with Gasteiger partial charge in [0.1, 0.15) is 0 Å². The zero-order valence-electron chi connectivity index (χ0n) is 12.9. The molecule has 1 aliphatic heterocycles. The van der Waals surface area contributed by atoms with Crippen molar-refractivity contribution in [2.75, 3.05) is 26.2 Å². The highest BCUT2D eigenvalue weighted by Crippen LogP contribution is 2.34. The van der Waals surface area contributed by atoms with Crippen LogP contribution in [0.15, 0.2) is 18.2 Å². The first-order chi connectivity index (χ1) is 9.24. The molecular weight excluding hydrogens is 327 g/mol. The summed E-state index contributed by atoms with van der Waals surface area (Å²) in [6.45, 7) is 8.87. The van der Waals surface area contributed by atoms with Gasteiger partial charge in [-0.2, -0.15) is 0 Å². The van der Waals surface area contributed by atoms with Gasteiger partial charge in [-0.15, -0.1) is 24.8 Å². The Morgan fingerprint density at radius 3 is 2.48 bits per heavy atom. The lowest BCUT2D eigenvalue weighted by Crippen LogP contribution is -2.45. The summed E-state index contributed by atoms with van der Waals surface area (Å²) in [6.07, 6.45) is 3.71. The molecule has 21 heavy (non-hydrogen) atoms. The molecule has 0 radical (unpaired) electrons. The summed E-state index contributed by atoms with van der Waals surface area (Å²) in [5.41, 5.74) is 2.67. The quantitative estimate of drug-likeness (QED) is 0.830. The maximum atomic E-state index is 6.48. The highest BCUT2D eigenvalue weighted by Gasteiger charge is 2.24. The zero-order valence-corrected chi connectivity index (χ0v) is 15.3. The second kappa shape index (κ2) is 10.7. The van der Waals surface area contributed by atoms with Crippen LogP contribution in [-0.2, 0) is 0 Å². The summed E-state index contributed by atoms with van der Waals surface area (Å²) >= 11 is 6.48. The number of unbranched alkanes of at least 4 members (excludes halogenated alkanes) is 1. The van der Waals surface area contributed by atoms with Crippen molar-refractivity contribution in [2.24, 2.45) is 0 Å². The molecule has 0 bridgehead atoms. The molecule has 2 nitrogen and oxygen atoms in total. The van der Waals surface area contributed by atoms with E-state index < -0.39 is 0 Å². The average molecular weight is 354 g/mol. The van der Waals surface area contributed by atoms with Gasteiger partial charge < -0.3 is 5.32 Å². The SMILES string of the molecule is CCCC[C@H](c1c(C)cccc1Cl)N1CCNCC1.Cl.Cl. The Morgan fingerprint density at radius 2 is 1.90 bits per heavy atom. The lowest BCUT2D eigenvalue weighted by atomic mass is 9.95. The van der Waals surface area contributed by atoms with Crippen LogP contribution in [0.2, 0.25) is 5.02 Å². The van der Waals surface area contributed by atoms with Gasteiger partial charge in [0.2, 0.25) is 0 Å². The number of rotatable bonds is 5. The molecule has 0 unspecified atom stereocenters. The second-order valence-electron chi connectivity index (χ2n) is 5.41. The van der Waals surface area contributed by atoms with Gasteiger partial charge in [0.05, 0.1) is 0 Å². The van der Waals surface area contributed by atoms with E-state index >= 15 is 0 Å². The summed E-state index contributed by atoms with van der Waals surface area (Å²) in [7, 11) is 0. The molecule has 122 valence electrons. The summed E-state index contributed by atoms with van der Waals surface area (Å²) in [4.78, 5) is 2.60. The normalized spacial score (nSPS) is 16.7. The molecule has 1 atom stereocenters. The van der Waals surface area contributed by atoms with Crippen molar-refractivity contribution in [2.45, 2.75) is 39.2 Å². The van der Waals surface area contributed by atoms with E-state index in [1.54, 1.807) is 0 Å². The zero-order chi connectivity index (χ0) is 13.7. The molecule has 5 heteroatoms. The molecule has 0 aliphatic carbocycles. The summed E-state index contributed by atoms with van der Waals surface area (Å²) in [5.74, 6) is 0. The van der Waals surface area contributed by atoms with Gasteiger partial charge in [0, 0.05) is 37.2 Å². The van der Waals surface area contributed by atoms with Crippen LogP contribution < -0.4 is 5.32 Å². The van der Waals surface area contributed by atoms with Crippen molar-refractivity contribution in [3.63, 3.8) is 0 Å². The number of hydrogen-bond acceptors (Lipinski definition) is 2. The van der Waals surface area contributed by atoms with Crippen molar-refractivity contribution in [1.29, 1.82) is 0 Å². The summed E-state index contributed by atoms with van der Waals surface area (Å²) in [6, 6.07) is 6.75. The lowest BCUT2D eigenvalue weighted by molar-refractivity contribution is 0.163. The van der Waals surface area contributed by atoms with Crippen molar-refractivity contribution >= 4 is 36.4 Å². The molecule has 0 saturated carbocycles. The lowest BCUT2D eigenvalue weighted by Gasteiger charge is -2.36. The minimum absolute atomic E-state index is 0. The minimum Gasteiger partial charge on any atom is -0.314 e. The monoisotopic (exact) mass is 352 g/mol. The minimum atomic E-state index is 0. The molecular formula is C16H27Cl3N2. The van der Waals surface area contributed by atoms with Gasteiger partial charge in [-0.1, -0.05) is 43.5 Å². The van der Waals surface area contributed by atoms with Gasteiger partial charge in [0.25, 0.3) is 0 Å². The van der Waals surface area contributed by atoms with Crippen molar-refractivity contribution in [3.05, 3.63) is 34.3 Å². The van der Waals surface area contributed by atoms with Gasteiger partial charge in [-0.25, -0.2) is 0 Å². The number of piperazine rings is 1. The molecule has 1 saturated heterocycles. The fourth-order valence-corrected chi connectivity index (χ4v) is 3.32. The third-order valence-electron chi connectivity index (χ3n) is 4.03. The van der Waals surface area contributed by atoms with Crippen molar-refractivity contribution < 1.29 is 0 Å². The fourth-order valence-electron chi connectivity index (χ4n) is 2.97. The fraction of sp³-hybridized carbons (Fsp3) is 0.625.